The zero-order chi connectivity index (χ0) is 19.1. The predicted molar refractivity (Wildman–Crippen MR) is 122 cm³/mol. The van der Waals surface area contributed by atoms with Crippen LogP contribution in [0.2, 0.25) is 0 Å². The number of nitrogens with zero attached hydrogens (tertiary/aromatic N) is 4. The molecule has 2 N–H and O–H groups in total. The third kappa shape index (κ3) is 5.91. The fourth-order valence-electron chi connectivity index (χ4n) is 3.20. The van der Waals surface area contributed by atoms with Gasteiger partial charge in [-0.1, -0.05) is 0 Å². The Labute approximate surface area is 183 Å². The van der Waals surface area contributed by atoms with Crippen molar-refractivity contribution in [1.29, 1.82) is 0 Å². The highest BCUT2D eigenvalue weighted by molar-refractivity contribution is 14.0. The van der Waals surface area contributed by atoms with Crippen LogP contribution in [0.25, 0.3) is 0 Å². The normalized spacial score (nSPS) is 16.5. The molecule has 1 aliphatic rings. The number of ether oxygens (including phenoxy) is 2. The molecule has 0 aliphatic carbocycles. The van der Waals surface area contributed by atoms with Gasteiger partial charge in [0.15, 0.2) is 5.96 Å². The molecule has 1 aromatic heterocycles. The van der Waals surface area contributed by atoms with Crippen LogP contribution in [0.1, 0.15) is 6.42 Å². The van der Waals surface area contributed by atoms with E-state index in [9.17, 15) is 0 Å². The minimum Gasteiger partial charge on any atom is -0.497 e. The first-order valence-electron chi connectivity index (χ1n) is 9.12. The fourth-order valence-corrected chi connectivity index (χ4v) is 3.20. The Bertz CT molecular complexity index is 731. The van der Waals surface area contributed by atoms with E-state index in [0.717, 1.165) is 55.7 Å². The van der Waals surface area contributed by atoms with Crippen molar-refractivity contribution < 1.29 is 9.47 Å². The quantitative estimate of drug-likeness (QED) is 0.344. The lowest BCUT2D eigenvalue weighted by molar-refractivity contribution is 0.394. The number of halogens is 1. The molecule has 0 saturated carbocycles. The average molecular weight is 500 g/mol. The van der Waals surface area contributed by atoms with Gasteiger partial charge < -0.3 is 29.6 Å². The summed E-state index contributed by atoms with van der Waals surface area (Å²) in [7, 11) is 5.14. The van der Waals surface area contributed by atoms with Crippen molar-refractivity contribution in [2.75, 3.05) is 45.8 Å². The molecule has 154 valence electrons. The van der Waals surface area contributed by atoms with Gasteiger partial charge in [0.1, 0.15) is 11.5 Å². The Morgan fingerprint density at radius 2 is 2.00 bits per heavy atom. The van der Waals surface area contributed by atoms with Crippen molar-refractivity contribution in [3.05, 3.63) is 36.9 Å². The van der Waals surface area contributed by atoms with E-state index in [4.69, 9.17) is 9.47 Å². The van der Waals surface area contributed by atoms with Crippen LogP contribution in [0.5, 0.6) is 11.5 Å². The van der Waals surface area contributed by atoms with Crippen LogP contribution in [-0.2, 0) is 6.54 Å². The Kier molecular flexibility index (Phi) is 8.68. The lowest BCUT2D eigenvalue weighted by Crippen LogP contribution is -2.45. The molecule has 2 heterocycles. The second-order valence-corrected chi connectivity index (χ2v) is 6.45. The largest absolute Gasteiger partial charge is 0.497 e. The van der Waals surface area contributed by atoms with Gasteiger partial charge in [-0.25, -0.2) is 4.98 Å². The number of hydrogen-bond donors (Lipinski definition) is 2. The molecule has 0 bridgehead atoms. The van der Waals surface area contributed by atoms with Crippen molar-refractivity contribution in [1.82, 2.24) is 20.2 Å². The van der Waals surface area contributed by atoms with Crippen LogP contribution in [0.4, 0.5) is 5.69 Å². The molecule has 3 rings (SSSR count). The van der Waals surface area contributed by atoms with Crippen LogP contribution in [-0.4, -0.2) is 62.5 Å². The smallest absolute Gasteiger partial charge is 0.191 e. The number of aromatic nitrogens is 2. The maximum Gasteiger partial charge on any atom is 0.191 e. The average Bonchev–Trinajstić information content (AvgIpc) is 3.38. The number of nitrogens with one attached hydrogen (secondary N) is 2. The molecule has 1 aromatic carbocycles. The molecular formula is C19H29IN6O2. The molecule has 0 amide bonds. The van der Waals surface area contributed by atoms with E-state index in [-0.39, 0.29) is 24.0 Å². The summed E-state index contributed by atoms with van der Waals surface area (Å²) in [5, 5.41) is 6.87. The first-order chi connectivity index (χ1) is 13.2. The van der Waals surface area contributed by atoms with Crippen LogP contribution in [0.15, 0.2) is 41.9 Å². The Hall–Kier alpha value is -2.17. The van der Waals surface area contributed by atoms with Crippen LogP contribution >= 0.6 is 24.0 Å². The molecule has 2 aromatic rings. The minimum atomic E-state index is 0. The van der Waals surface area contributed by atoms with Gasteiger partial charge in [-0.15, -0.1) is 24.0 Å². The van der Waals surface area contributed by atoms with Crippen molar-refractivity contribution in [3.63, 3.8) is 0 Å². The number of rotatable bonds is 7. The third-order valence-corrected chi connectivity index (χ3v) is 4.68. The molecule has 0 radical (unpaired) electrons. The molecule has 1 aliphatic heterocycles. The van der Waals surface area contributed by atoms with Crippen LogP contribution in [0.3, 0.4) is 0 Å². The number of anilines is 1. The summed E-state index contributed by atoms with van der Waals surface area (Å²) in [6.45, 7) is 3.51. The van der Waals surface area contributed by atoms with Gasteiger partial charge in [-0.3, -0.25) is 4.99 Å². The topological polar surface area (TPSA) is 75.9 Å². The number of imidazole rings is 1. The van der Waals surface area contributed by atoms with Gasteiger partial charge >= 0.3 is 0 Å². The van der Waals surface area contributed by atoms with Gasteiger partial charge in [0.05, 0.1) is 20.5 Å². The summed E-state index contributed by atoms with van der Waals surface area (Å²) in [6.07, 6.45) is 6.60. The van der Waals surface area contributed by atoms with E-state index >= 15 is 0 Å². The van der Waals surface area contributed by atoms with Gasteiger partial charge in [0.2, 0.25) is 0 Å². The van der Waals surface area contributed by atoms with Crippen molar-refractivity contribution >= 4 is 35.6 Å². The molecule has 8 nitrogen and oxygen atoms in total. The standard InChI is InChI=1S/C19H28N6O2.HI/c1-20-19(22-6-9-24-8-5-21-14-24)23-15-4-7-25(13-15)16-10-17(26-2)12-18(11-16)27-3;/h5,8,10-12,14-15H,4,6-7,9,13H2,1-3H3,(H2,20,22,23);1H. The molecule has 9 heteroatoms. The summed E-state index contributed by atoms with van der Waals surface area (Å²) < 4.78 is 12.8. The predicted octanol–water partition coefficient (Wildman–Crippen LogP) is 1.96. The van der Waals surface area contributed by atoms with E-state index in [1.165, 1.54) is 0 Å². The molecule has 1 saturated heterocycles. The van der Waals surface area contributed by atoms with Gasteiger partial charge in [-0.05, 0) is 6.42 Å². The number of guanidine groups is 1. The Morgan fingerprint density at radius 1 is 1.25 bits per heavy atom. The van der Waals surface area contributed by atoms with Gasteiger partial charge in [-0.2, -0.15) is 0 Å². The third-order valence-electron chi connectivity index (χ3n) is 4.68. The van der Waals surface area contributed by atoms with Gasteiger partial charge in [0, 0.05) is 75.5 Å². The lowest BCUT2D eigenvalue weighted by Gasteiger charge is -2.21. The molecule has 1 fully saturated rings. The summed E-state index contributed by atoms with van der Waals surface area (Å²) in [6, 6.07) is 6.31. The molecule has 0 spiro atoms. The second kappa shape index (κ2) is 11.0. The highest BCUT2D eigenvalue weighted by atomic mass is 127. The second-order valence-electron chi connectivity index (χ2n) is 6.45. The lowest BCUT2D eigenvalue weighted by atomic mass is 10.2. The van der Waals surface area contributed by atoms with E-state index in [1.807, 2.05) is 35.3 Å². The summed E-state index contributed by atoms with van der Waals surface area (Å²) in [4.78, 5) is 10.7. The minimum absolute atomic E-state index is 0. The first-order valence-corrected chi connectivity index (χ1v) is 9.12. The van der Waals surface area contributed by atoms with Crippen LogP contribution in [0, 0.1) is 0 Å². The van der Waals surface area contributed by atoms with E-state index in [1.54, 1.807) is 27.5 Å². The van der Waals surface area contributed by atoms with Crippen molar-refractivity contribution in [2.24, 2.45) is 4.99 Å². The number of methoxy groups -OCH3 is 2. The summed E-state index contributed by atoms with van der Waals surface area (Å²) >= 11 is 0. The number of hydrogen-bond acceptors (Lipinski definition) is 5. The van der Waals surface area contributed by atoms with Crippen molar-refractivity contribution in [3.8, 4) is 11.5 Å². The maximum absolute atomic E-state index is 5.38. The van der Waals surface area contributed by atoms with Crippen LogP contribution < -0.4 is 25.0 Å². The van der Waals surface area contributed by atoms with E-state index in [2.05, 4.69) is 25.5 Å². The summed E-state index contributed by atoms with van der Waals surface area (Å²) in [5.74, 6) is 2.43. The number of benzene rings is 1. The Morgan fingerprint density at radius 3 is 2.61 bits per heavy atom. The van der Waals surface area contributed by atoms with E-state index < -0.39 is 0 Å². The maximum atomic E-state index is 5.38. The highest BCUT2D eigenvalue weighted by Crippen LogP contribution is 2.30. The monoisotopic (exact) mass is 500 g/mol. The molecule has 1 unspecified atom stereocenters. The SMILES string of the molecule is CN=C(NCCn1ccnc1)NC1CCN(c2cc(OC)cc(OC)c2)C1.I. The zero-order valence-corrected chi connectivity index (χ0v) is 18.9. The first kappa shape index (κ1) is 22.1. The van der Waals surface area contributed by atoms with Crippen molar-refractivity contribution in [2.45, 2.75) is 19.0 Å². The Balaban J connectivity index is 0.00000280. The zero-order valence-electron chi connectivity index (χ0n) is 16.6. The molecule has 1 atom stereocenters. The molecule has 28 heavy (non-hydrogen) atoms. The van der Waals surface area contributed by atoms with Gasteiger partial charge in [0.25, 0.3) is 0 Å². The fraction of sp³-hybridized carbons (Fsp3) is 0.474. The summed E-state index contributed by atoms with van der Waals surface area (Å²) in [5.41, 5.74) is 1.11. The molecular weight excluding hydrogens is 471 g/mol. The van der Waals surface area contributed by atoms with E-state index in [0.29, 0.717) is 6.04 Å². The highest BCUT2D eigenvalue weighted by Gasteiger charge is 2.24. The number of aliphatic imine (C=N–C) groups is 1.